The molecule has 0 N–H and O–H groups in total. The van der Waals surface area contributed by atoms with Crippen LogP contribution in [0.3, 0.4) is 0 Å². The first-order valence-corrected chi connectivity index (χ1v) is 9.72. The molecule has 2 fully saturated rings. The molecule has 1 atom stereocenters. The maximum atomic E-state index is 13.2. The van der Waals surface area contributed by atoms with Crippen LogP contribution in [0.4, 0.5) is 0 Å². The van der Waals surface area contributed by atoms with Crippen molar-refractivity contribution >= 4 is 17.5 Å². The zero-order valence-corrected chi connectivity index (χ0v) is 15.9. The number of rotatable bonds is 2. The molecule has 0 radical (unpaired) electrons. The predicted molar refractivity (Wildman–Crippen MR) is 98.4 cm³/mol. The molecule has 0 aliphatic carbocycles. The summed E-state index contributed by atoms with van der Waals surface area (Å²) in [5.74, 6) is 1.09. The van der Waals surface area contributed by atoms with Crippen molar-refractivity contribution in [3.63, 3.8) is 0 Å². The number of hydrogen-bond donors (Lipinski definition) is 0. The summed E-state index contributed by atoms with van der Waals surface area (Å²) < 4.78 is 17.1. The van der Waals surface area contributed by atoms with Crippen molar-refractivity contribution in [2.45, 2.75) is 25.3 Å². The zero-order chi connectivity index (χ0) is 18.1. The first-order valence-electron chi connectivity index (χ1n) is 9.34. The number of halogens is 1. The second kappa shape index (κ2) is 7.25. The molecule has 0 saturated carbocycles. The highest BCUT2D eigenvalue weighted by atomic mass is 35.5. The summed E-state index contributed by atoms with van der Waals surface area (Å²) in [6.45, 7) is 7.98. The van der Waals surface area contributed by atoms with Crippen molar-refractivity contribution in [3.05, 3.63) is 22.7 Å². The minimum atomic E-state index is -0.0578. The largest absolute Gasteiger partial charge is 0.489 e. The Labute approximate surface area is 158 Å². The van der Waals surface area contributed by atoms with E-state index in [0.29, 0.717) is 55.0 Å². The fourth-order valence-corrected chi connectivity index (χ4v) is 4.45. The summed E-state index contributed by atoms with van der Waals surface area (Å²) in [6, 6.07) is 3.46. The van der Waals surface area contributed by atoms with Gasteiger partial charge in [-0.05, 0) is 25.1 Å². The van der Waals surface area contributed by atoms with Crippen molar-refractivity contribution in [3.8, 4) is 11.5 Å². The van der Waals surface area contributed by atoms with Gasteiger partial charge in [0.2, 0.25) is 0 Å². The number of nitrogens with zero attached hydrogens (tertiary/aromatic N) is 2. The highest BCUT2D eigenvalue weighted by molar-refractivity contribution is 6.32. The minimum absolute atomic E-state index is 0.00965. The van der Waals surface area contributed by atoms with Crippen molar-refractivity contribution in [1.29, 1.82) is 0 Å². The average molecular weight is 381 g/mol. The van der Waals surface area contributed by atoms with E-state index in [-0.39, 0.29) is 11.4 Å². The Kier molecular flexibility index (Phi) is 4.99. The van der Waals surface area contributed by atoms with Crippen LogP contribution in [0.25, 0.3) is 0 Å². The molecule has 1 aromatic carbocycles. The van der Waals surface area contributed by atoms with Gasteiger partial charge in [-0.2, -0.15) is 0 Å². The molecule has 1 unspecified atom stereocenters. The van der Waals surface area contributed by atoms with Crippen LogP contribution in [0.1, 0.15) is 30.1 Å². The highest BCUT2D eigenvalue weighted by Gasteiger charge is 2.45. The van der Waals surface area contributed by atoms with Gasteiger partial charge in [-0.25, -0.2) is 0 Å². The highest BCUT2D eigenvalue weighted by Crippen LogP contribution is 2.39. The van der Waals surface area contributed by atoms with Crippen LogP contribution < -0.4 is 9.47 Å². The van der Waals surface area contributed by atoms with E-state index < -0.39 is 0 Å². The number of amides is 1. The molecule has 3 aliphatic heterocycles. The summed E-state index contributed by atoms with van der Waals surface area (Å²) in [7, 11) is 0. The number of ether oxygens (including phenoxy) is 3. The van der Waals surface area contributed by atoms with E-state index in [1.165, 1.54) is 0 Å². The van der Waals surface area contributed by atoms with Crippen LogP contribution in [-0.4, -0.2) is 73.9 Å². The van der Waals surface area contributed by atoms with Crippen LogP contribution in [0, 0.1) is 0 Å². The molecule has 1 amide bonds. The van der Waals surface area contributed by atoms with E-state index in [1.807, 2.05) is 4.90 Å². The summed E-state index contributed by atoms with van der Waals surface area (Å²) in [5, 5.41) is 0.429. The lowest BCUT2D eigenvalue weighted by Crippen LogP contribution is -2.63. The van der Waals surface area contributed by atoms with Gasteiger partial charge < -0.3 is 19.1 Å². The average Bonchev–Trinajstić information content (AvgIpc) is 2.96. The predicted octanol–water partition coefficient (Wildman–Crippen LogP) is 2.44. The van der Waals surface area contributed by atoms with E-state index in [1.54, 1.807) is 12.1 Å². The fraction of sp³-hybridized carbons (Fsp3) is 0.632. The molecule has 3 heterocycles. The van der Waals surface area contributed by atoms with Gasteiger partial charge in [-0.3, -0.25) is 9.69 Å². The molecule has 1 spiro atoms. The second-order valence-electron chi connectivity index (χ2n) is 7.17. The number of benzene rings is 1. The molecule has 6 nitrogen and oxygen atoms in total. The lowest BCUT2D eigenvalue weighted by molar-refractivity contribution is -0.00224. The lowest BCUT2D eigenvalue weighted by atomic mass is 9.92. The first kappa shape index (κ1) is 17.9. The summed E-state index contributed by atoms with van der Waals surface area (Å²) in [6.07, 6.45) is 1.77. The maximum absolute atomic E-state index is 13.2. The van der Waals surface area contributed by atoms with Gasteiger partial charge in [0.05, 0.1) is 30.4 Å². The molecule has 2 saturated heterocycles. The molecule has 4 rings (SSSR count). The SMILES string of the molecule is CCN1CCN(C(=O)c2cc(Cl)c3c(c2)OCCCO3)CC12CCOC2. The number of piperazine rings is 1. The molecule has 26 heavy (non-hydrogen) atoms. The summed E-state index contributed by atoms with van der Waals surface area (Å²) in [5.41, 5.74) is 0.496. The van der Waals surface area contributed by atoms with E-state index in [2.05, 4.69) is 11.8 Å². The van der Waals surface area contributed by atoms with E-state index in [9.17, 15) is 4.79 Å². The van der Waals surface area contributed by atoms with Gasteiger partial charge >= 0.3 is 0 Å². The Balaban J connectivity index is 1.58. The lowest BCUT2D eigenvalue weighted by Gasteiger charge is -2.48. The van der Waals surface area contributed by atoms with Gasteiger partial charge in [0.1, 0.15) is 0 Å². The molecular formula is C19H25ClN2O4. The van der Waals surface area contributed by atoms with Crippen LogP contribution in [-0.2, 0) is 4.74 Å². The first-order chi connectivity index (χ1) is 12.6. The standard InChI is InChI=1S/C19H25ClN2O4/c1-2-22-6-5-21(12-19(22)4-9-24-13-19)18(23)14-10-15(20)17-16(11-14)25-7-3-8-26-17/h10-11H,2-9,12-13H2,1H3. The van der Waals surface area contributed by atoms with E-state index in [0.717, 1.165) is 32.5 Å². The molecule has 1 aromatic rings. The maximum Gasteiger partial charge on any atom is 0.254 e. The summed E-state index contributed by atoms with van der Waals surface area (Å²) in [4.78, 5) is 17.5. The van der Waals surface area contributed by atoms with Crippen molar-refractivity contribution < 1.29 is 19.0 Å². The Bertz CT molecular complexity index is 690. The van der Waals surface area contributed by atoms with Crippen LogP contribution >= 0.6 is 11.6 Å². The number of carbonyl (C=O) groups excluding carboxylic acids is 1. The Hall–Kier alpha value is -1.50. The Morgan fingerprint density at radius 3 is 2.85 bits per heavy atom. The third-order valence-corrected chi connectivity index (χ3v) is 5.88. The molecule has 3 aliphatic rings. The minimum Gasteiger partial charge on any atom is -0.489 e. The van der Waals surface area contributed by atoms with Crippen molar-refractivity contribution in [1.82, 2.24) is 9.80 Å². The van der Waals surface area contributed by atoms with Crippen LogP contribution in [0.2, 0.25) is 5.02 Å². The van der Waals surface area contributed by atoms with Gasteiger partial charge in [0.15, 0.2) is 11.5 Å². The molecule has 142 valence electrons. The number of carbonyl (C=O) groups is 1. The Morgan fingerprint density at radius 1 is 1.23 bits per heavy atom. The number of hydrogen-bond acceptors (Lipinski definition) is 5. The zero-order valence-electron chi connectivity index (χ0n) is 15.1. The smallest absolute Gasteiger partial charge is 0.254 e. The molecule has 0 bridgehead atoms. The monoisotopic (exact) mass is 380 g/mol. The van der Waals surface area contributed by atoms with Crippen LogP contribution in [0.5, 0.6) is 11.5 Å². The number of fused-ring (bicyclic) bond motifs is 1. The third kappa shape index (κ3) is 3.15. The summed E-state index contributed by atoms with van der Waals surface area (Å²) >= 11 is 6.37. The quantitative estimate of drug-likeness (QED) is 0.788. The van der Waals surface area contributed by atoms with Gasteiger partial charge in [-0.15, -0.1) is 0 Å². The second-order valence-corrected chi connectivity index (χ2v) is 7.58. The normalized spacial score (nSPS) is 26.2. The van der Waals surface area contributed by atoms with Crippen LogP contribution in [0.15, 0.2) is 12.1 Å². The molecule has 0 aromatic heterocycles. The Morgan fingerprint density at radius 2 is 2.08 bits per heavy atom. The fourth-order valence-electron chi connectivity index (χ4n) is 4.19. The van der Waals surface area contributed by atoms with Gasteiger partial charge in [0, 0.05) is 38.2 Å². The third-order valence-electron chi connectivity index (χ3n) is 5.60. The van der Waals surface area contributed by atoms with Crippen molar-refractivity contribution in [2.24, 2.45) is 0 Å². The van der Waals surface area contributed by atoms with E-state index >= 15 is 0 Å². The molecular weight excluding hydrogens is 356 g/mol. The van der Waals surface area contributed by atoms with Crippen molar-refractivity contribution in [2.75, 3.05) is 52.6 Å². The van der Waals surface area contributed by atoms with Gasteiger partial charge in [0.25, 0.3) is 5.91 Å². The van der Waals surface area contributed by atoms with Gasteiger partial charge in [-0.1, -0.05) is 18.5 Å². The molecule has 7 heteroatoms. The topological polar surface area (TPSA) is 51.2 Å². The number of likely N-dealkylation sites (N-methyl/N-ethyl adjacent to an activating group) is 1. The van der Waals surface area contributed by atoms with E-state index in [4.69, 9.17) is 25.8 Å².